The molecule has 3 aliphatic heterocycles. The molecule has 4 atom stereocenters. The highest BCUT2D eigenvalue weighted by Gasteiger charge is 2.30. The number of carbonyl (C=O) groups is 2. The predicted molar refractivity (Wildman–Crippen MR) is 183 cm³/mol. The highest BCUT2D eigenvalue weighted by molar-refractivity contribution is 6.33. The Labute approximate surface area is 288 Å². The maximum Gasteiger partial charge on any atom is 0.255 e. The van der Waals surface area contributed by atoms with Gasteiger partial charge in [-0.3, -0.25) is 9.59 Å². The lowest BCUT2D eigenvalue weighted by Gasteiger charge is -2.37. The molecular weight excluding hydrogens is 642 g/mol. The predicted octanol–water partition coefficient (Wildman–Crippen LogP) is 0.514. The maximum absolute atomic E-state index is 12.9. The molecule has 48 heavy (non-hydrogen) atoms. The number of likely N-dealkylation sites (tertiary alicyclic amines) is 2. The number of aliphatic hydroxyl groups is 5. The largest absolute Gasteiger partial charge is 0.492 e. The molecule has 2 saturated heterocycles. The van der Waals surface area contributed by atoms with Crippen LogP contribution in [0.1, 0.15) is 73.7 Å². The first kappa shape index (κ1) is 38.6. The topological polar surface area (TPSA) is 201 Å². The average molecular weight is 698 g/mol. The molecule has 2 fully saturated rings. The maximum atomic E-state index is 12.9. The Morgan fingerprint density at radius 3 is 2.27 bits per heavy atom. The number of hydrogen-bond donors (Lipinski definition) is 8. The van der Waals surface area contributed by atoms with Crippen LogP contribution in [0.15, 0.2) is 6.07 Å². The fourth-order valence-electron chi connectivity index (χ4n) is 6.96. The second-order valence-electron chi connectivity index (χ2n) is 13.7. The van der Waals surface area contributed by atoms with Crippen molar-refractivity contribution in [3.63, 3.8) is 0 Å². The van der Waals surface area contributed by atoms with Gasteiger partial charge in [0.15, 0.2) is 0 Å². The summed E-state index contributed by atoms with van der Waals surface area (Å²) in [4.78, 5) is 30.1. The number of hydrogen-bond acceptors (Lipinski definition) is 11. The first-order valence-corrected chi connectivity index (χ1v) is 18.0. The molecular formula is C34H56ClN5O8. The third-order valence-electron chi connectivity index (χ3n) is 10.2. The molecule has 1 aromatic carbocycles. The number of rotatable bonds is 18. The Hall–Kier alpha value is -2.23. The number of nitrogens with two attached hydrogens (primary N) is 1. The molecule has 0 bridgehead atoms. The minimum Gasteiger partial charge on any atom is -0.492 e. The van der Waals surface area contributed by atoms with Gasteiger partial charge in [0, 0.05) is 38.0 Å². The van der Waals surface area contributed by atoms with Gasteiger partial charge in [0.2, 0.25) is 5.91 Å². The number of halogens is 1. The van der Waals surface area contributed by atoms with Crippen molar-refractivity contribution in [3.05, 3.63) is 22.2 Å². The summed E-state index contributed by atoms with van der Waals surface area (Å²) in [5, 5.41) is 53.6. The van der Waals surface area contributed by atoms with Gasteiger partial charge in [0.1, 0.15) is 24.1 Å². The minimum absolute atomic E-state index is 0.153. The third-order valence-corrected chi connectivity index (χ3v) is 10.5. The smallest absolute Gasteiger partial charge is 0.255 e. The van der Waals surface area contributed by atoms with Gasteiger partial charge in [-0.05, 0) is 89.2 Å². The van der Waals surface area contributed by atoms with E-state index in [-0.39, 0.29) is 18.4 Å². The van der Waals surface area contributed by atoms with Crippen LogP contribution in [0.5, 0.6) is 5.75 Å². The van der Waals surface area contributed by atoms with E-state index in [0.717, 1.165) is 89.3 Å². The Morgan fingerprint density at radius 1 is 0.917 bits per heavy atom. The van der Waals surface area contributed by atoms with Gasteiger partial charge in [0.25, 0.3) is 5.91 Å². The van der Waals surface area contributed by atoms with E-state index < -0.39 is 31.0 Å². The number of unbranched alkanes of at least 4 members (excludes halogenated alkanes) is 3. The lowest BCUT2D eigenvalue weighted by atomic mass is 9.92. The van der Waals surface area contributed by atoms with E-state index >= 15 is 0 Å². The second-order valence-corrected chi connectivity index (χ2v) is 14.1. The number of carbonyl (C=O) groups excluding carboxylic acids is 2. The molecule has 0 radical (unpaired) electrons. The number of amides is 2. The number of nitrogen functional groups attached to an aromatic ring is 1. The lowest BCUT2D eigenvalue weighted by Crippen LogP contribution is -2.49. The quantitative estimate of drug-likeness (QED) is 0.0785. The van der Waals surface area contributed by atoms with Crippen molar-refractivity contribution in [2.24, 2.45) is 11.8 Å². The summed E-state index contributed by atoms with van der Waals surface area (Å²) in [7, 11) is 0. The van der Waals surface area contributed by atoms with E-state index in [0.29, 0.717) is 53.9 Å². The fraction of sp³-hybridized carbons (Fsp3) is 0.765. The zero-order valence-corrected chi connectivity index (χ0v) is 28.8. The van der Waals surface area contributed by atoms with E-state index in [1.807, 2.05) is 0 Å². The summed E-state index contributed by atoms with van der Waals surface area (Å²) in [5.41, 5.74) is 7.88. The Morgan fingerprint density at radius 2 is 1.56 bits per heavy atom. The van der Waals surface area contributed by atoms with Crippen LogP contribution in [0.2, 0.25) is 5.02 Å². The monoisotopic (exact) mass is 697 g/mol. The molecule has 14 heteroatoms. The second kappa shape index (κ2) is 19.2. The van der Waals surface area contributed by atoms with Crippen molar-refractivity contribution in [2.75, 3.05) is 71.3 Å². The van der Waals surface area contributed by atoms with Gasteiger partial charge in [-0.1, -0.05) is 24.4 Å². The van der Waals surface area contributed by atoms with E-state index in [9.17, 15) is 30.0 Å². The van der Waals surface area contributed by atoms with E-state index in [2.05, 4.69) is 20.4 Å². The van der Waals surface area contributed by atoms with E-state index in [1.165, 1.54) is 12.8 Å². The van der Waals surface area contributed by atoms with Crippen molar-refractivity contribution in [1.29, 1.82) is 0 Å². The van der Waals surface area contributed by atoms with Crippen LogP contribution in [0.3, 0.4) is 0 Å². The van der Waals surface area contributed by atoms with Crippen molar-refractivity contribution in [2.45, 2.75) is 88.6 Å². The van der Waals surface area contributed by atoms with Crippen LogP contribution < -0.4 is 21.1 Å². The van der Waals surface area contributed by atoms with Crippen LogP contribution in [0.25, 0.3) is 0 Å². The molecule has 1 aromatic rings. The number of piperidine rings is 2. The van der Waals surface area contributed by atoms with Gasteiger partial charge in [-0.15, -0.1) is 0 Å². The van der Waals surface area contributed by atoms with Gasteiger partial charge in [0.05, 0.1) is 35.6 Å². The van der Waals surface area contributed by atoms with Crippen molar-refractivity contribution in [1.82, 2.24) is 20.4 Å². The molecule has 3 aliphatic rings. The van der Waals surface area contributed by atoms with Crippen LogP contribution in [0, 0.1) is 11.8 Å². The summed E-state index contributed by atoms with van der Waals surface area (Å²) >= 11 is 6.27. The number of anilines is 1. The number of nitrogens with zero attached hydrogens (tertiary/aromatic N) is 2. The van der Waals surface area contributed by atoms with Crippen LogP contribution >= 0.6 is 11.6 Å². The number of fused-ring (bicyclic) bond motifs is 1. The summed E-state index contributed by atoms with van der Waals surface area (Å²) < 4.78 is 5.69. The molecule has 0 aliphatic carbocycles. The van der Waals surface area contributed by atoms with Crippen LogP contribution in [-0.2, 0) is 11.2 Å². The molecule has 9 N–H and O–H groups in total. The minimum atomic E-state index is -1.70. The highest BCUT2D eigenvalue weighted by atomic mass is 35.5. The number of nitrogens with one attached hydrogen (secondary N) is 2. The van der Waals surface area contributed by atoms with Gasteiger partial charge in [-0.2, -0.15) is 0 Å². The fourth-order valence-corrected chi connectivity index (χ4v) is 7.19. The molecule has 272 valence electrons. The zero-order valence-electron chi connectivity index (χ0n) is 28.0. The Balaban J connectivity index is 1.00. The molecule has 0 aromatic heterocycles. The number of ether oxygens (including phenoxy) is 1. The van der Waals surface area contributed by atoms with Crippen molar-refractivity contribution < 1.29 is 39.9 Å². The Kier molecular flexibility index (Phi) is 15.5. The lowest BCUT2D eigenvalue weighted by molar-refractivity contribution is -0.126. The molecule has 3 heterocycles. The first-order valence-electron chi connectivity index (χ1n) is 17.6. The normalized spacial score (nSPS) is 20.5. The summed E-state index contributed by atoms with van der Waals surface area (Å²) in [6.07, 6.45) is 2.95. The van der Waals surface area contributed by atoms with Gasteiger partial charge < -0.3 is 56.4 Å². The van der Waals surface area contributed by atoms with Gasteiger partial charge >= 0.3 is 0 Å². The first-order chi connectivity index (χ1) is 23.1. The van der Waals surface area contributed by atoms with Crippen LogP contribution in [-0.4, -0.2) is 137 Å². The Bertz CT molecular complexity index is 1180. The molecule has 13 nitrogen and oxygen atoms in total. The van der Waals surface area contributed by atoms with Gasteiger partial charge in [-0.25, -0.2) is 0 Å². The number of benzene rings is 1. The SMILES string of the molecule is Nc1c(Cl)cc(C(=O)NCC2CCN(CC3CCN(CCCCCCC(=O)NC[C@H](O)[C@@H](O)[C@H](O)C(O)CO)CC3)CC2)c2c1CCO2. The third kappa shape index (κ3) is 11.1. The highest BCUT2D eigenvalue weighted by Crippen LogP contribution is 2.38. The molecule has 0 saturated carbocycles. The standard InChI is InChI=1S/C34H56ClN5O8/c35-26-17-25(33-24(30(26)36)10-16-48-33)34(47)38-18-22-6-14-40(15-7-22)20-23-8-12-39(13-9-23)11-4-2-1-3-5-29(44)37-19-27(42)31(45)32(46)28(43)21-41/h17,22-23,27-28,31-32,41-43,45-46H,1-16,18-21,36H2,(H,37,44)(H,38,47)/t27-,28?,31+,32+/m0/s1. The van der Waals surface area contributed by atoms with Crippen molar-refractivity contribution >= 4 is 29.1 Å². The summed E-state index contributed by atoms with van der Waals surface area (Å²) in [6, 6.07) is 1.62. The van der Waals surface area contributed by atoms with E-state index in [1.54, 1.807) is 6.07 Å². The molecule has 4 rings (SSSR count). The average Bonchev–Trinajstić information content (AvgIpc) is 3.60. The molecule has 2 amide bonds. The zero-order chi connectivity index (χ0) is 34.6. The molecule has 1 unspecified atom stereocenters. The van der Waals surface area contributed by atoms with Crippen LogP contribution in [0.4, 0.5) is 5.69 Å². The number of aliphatic hydroxyl groups excluding tert-OH is 5. The summed E-state index contributed by atoms with van der Waals surface area (Å²) in [6.45, 7) is 6.75. The van der Waals surface area contributed by atoms with E-state index in [4.69, 9.17) is 27.2 Å². The summed E-state index contributed by atoms with van der Waals surface area (Å²) in [5.74, 6) is 1.36. The molecule has 0 spiro atoms. The van der Waals surface area contributed by atoms with Crippen molar-refractivity contribution in [3.8, 4) is 5.75 Å².